The van der Waals surface area contributed by atoms with Crippen molar-refractivity contribution in [2.24, 2.45) is 11.1 Å². The predicted octanol–water partition coefficient (Wildman–Crippen LogP) is 4.62. The average Bonchev–Trinajstić information content (AvgIpc) is 2.83. The molecule has 1 aliphatic carbocycles. The molecule has 0 bridgehead atoms. The molecular weight excluding hydrogens is 246 g/mol. The first kappa shape index (κ1) is 13.7. The van der Waals surface area contributed by atoms with E-state index < -0.39 is 0 Å². The maximum atomic E-state index is 6.35. The third kappa shape index (κ3) is 1.67. The van der Waals surface area contributed by atoms with Crippen LogP contribution in [0.4, 0.5) is 0 Å². The number of para-hydroxylation sites is 1. The first-order chi connectivity index (χ1) is 9.67. The van der Waals surface area contributed by atoms with Crippen molar-refractivity contribution in [3.05, 3.63) is 35.6 Å². The molecule has 1 aromatic heterocycles. The van der Waals surface area contributed by atoms with Gasteiger partial charge in [0.25, 0.3) is 0 Å². The lowest BCUT2D eigenvalue weighted by Gasteiger charge is -2.54. The Morgan fingerprint density at radius 2 is 1.90 bits per heavy atom. The topological polar surface area (TPSA) is 39.2 Å². The highest BCUT2D eigenvalue weighted by Gasteiger charge is 2.53. The van der Waals surface area contributed by atoms with Crippen LogP contribution in [0.15, 0.2) is 28.7 Å². The van der Waals surface area contributed by atoms with Crippen molar-refractivity contribution in [2.75, 3.05) is 0 Å². The molecule has 0 saturated heterocycles. The highest BCUT2D eigenvalue weighted by Crippen LogP contribution is 2.57. The summed E-state index contributed by atoms with van der Waals surface area (Å²) in [6.07, 6.45) is 4.36. The Hall–Kier alpha value is -1.28. The van der Waals surface area contributed by atoms with E-state index >= 15 is 0 Å². The number of hydrogen-bond acceptors (Lipinski definition) is 2. The van der Waals surface area contributed by atoms with E-state index in [-0.39, 0.29) is 5.41 Å². The number of furan rings is 1. The van der Waals surface area contributed by atoms with Crippen molar-refractivity contribution in [1.29, 1.82) is 0 Å². The third-order valence-electron chi connectivity index (χ3n) is 5.64. The summed E-state index contributed by atoms with van der Waals surface area (Å²) in [5.74, 6) is 1.70. The molecule has 108 valence electrons. The minimum absolute atomic E-state index is 0.234. The average molecular weight is 271 g/mol. The van der Waals surface area contributed by atoms with Crippen LogP contribution in [-0.2, 0) is 6.42 Å². The summed E-state index contributed by atoms with van der Waals surface area (Å²) in [6.45, 7) is 6.76. The van der Waals surface area contributed by atoms with Gasteiger partial charge in [0, 0.05) is 22.9 Å². The molecule has 2 heteroatoms. The number of nitrogens with two attached hydrogens (primary N) is 1. The van der Waals surface area contributed by atoms with E-state index in [0.717, 1.165) is 31.3 Å². The smallest absolute Gasteiger partial charge is 0.134 e. The zero-order valence-corrected chi connectivity index (χ0v) is 12.8. The van der Waals surface area contributed by atoms with Crippen LogP contribution in [0, 0.1) is 5.41 Å². The molecular formula is C18H25NO. The number of benzene rings is 1. The molecule has 0 amide bonds. The molecule has 2 N–H and O–H groups in total. The molecule has 1 heterocycles. The molecule has 1 aliphatic rings. The van der Waals surface area contributed by atoms with Crippen LogP contribution < -0.4 is 5.73 Å². The maximum Gasteiger partial charge on any atom is 0.134 e. The van der Waals surface area contributed by atoms with Gasteiger partial charge in [-0.2, -0.15) is 0 Å². The van der Waals surface area contributed by atoms with Gasteiger partial charge in [-0.3, -0.25) is 0 Å². The Kier molecular flexibility index (Phi) is 3.37. The lowest BCUT2D eigenvalue weighted by Crippen LogP contribution is -2.56. The van der Waals surface area contributed by atoms with Gasteiger partial charge in [0.2, 0.25) is 0 Å². The zero-order chi connectivity index (χ0) is 14.3. The summed E-state index contributed by atoms with van der Waals surface area (Å²) in [5, 5.41) is 1.28. The van der Waals surface area contributed by atoms with Crippen molar-refractivity contribution < 1.29 is 4.42 Å². The SMILES string of the molecule is CCc1c(C2CC(N)C2(CC)CC)oc2ccccc12. The molecule has 0 radical (unpaired) electrons. The number of aryl methyl sites for hydroxylation is 1. The summed E-state index contributed by atoms with van der Waals surface area (Å²) >= 11 is 0. The molecule has 0 spiro atoms. The normalized spacial score (nSPS) is 24.8. The van der Waals surface area contributed by atoms with E-state index in [1.165, 1.54) is 16.7 Å². The minimum Gasteiger partial charge on any atom is -0.460 e. The monoisotopic (exact) mass is 271 g/mol. The molecule has 2 atom stereocenters. The standard InChI is InChI=1S/C18H25NO/c1-4-12-13-9-7-8-10-15(13)20-17(12)14-11-16(19)18(14,5-2)6-3/h7-10,14,16H,4-6,11,19H2,1-3H3. The van der Waals surface area contributed by atoms with E-state index in [4.69, 9.17) is 10.2 Å². The quantitative estimate of drug-likeness (QED) is 0.881. The lowest BCUT2D eigenvalue weighted by atomic mass is 9.53. The van der Waals surface area contributed by atoms with Gasteiger partial charge in [0.1, 0.15) is 11.3 Å². The molecule has 1 aromatic carbocycles. The largest absolute Gasteiger partial charge is 0.460 e. The van der Waals surface area contributed by atoms with Gasteiger partial charge >= 0.3 is 0 Å². The second kappa shape index (κ2) is 4.92. The molecule has 1 fully saturated rings. The molecule has 2 nitrogen and oxygen atoms in total. The van der Waals surface area contributed by atoms with Gasteiger partial charge in [-0.1, -0.05) is 39.0 Å². The van der Waals surface area contributed by atoms with Gasteiger partial charge in [0.05, 0.1) is 0 Å². The first-order valence-electron chi connectivity index (χ1n) is 7.93. The Bertz CT molecular complexity index is 609. The van der Waals surface area contributed by atoms with Gasteiger partial charge < -0.3 is 10.2 Å². The summed E-state index contributed by atoms with van der Waals surface area (Å²) in [4.78, 5) is 0. The van der Waals surface area contributed by atoms with Crippen molar-refractivity contribution >= 4 is 11.0 Å². The lowest BCUT2D eigenvalue weighted by molar-refractivity contribution is 0.0316. The first-order valence-corrected chi connectivity index (χ1v) is 7.93. The molecule has 1 saturated carbocycles. The van der Waals surface area contributed by atoms with Crippen LogP contribution in [0.3, 0.4) is 0 Å². The Morgan fingerprint density at radius 3 is 2.50 bits per heavy atom. The van der Waals surface area contributed by atoms with E-state index in [1.54, 1.807) is 0 Å². The summed E-state index contributed by atoms with van der Waals surface area (Å²) in [6, 6.07) is 8.73. The van der Waals surface area contributed by atoms with E-state index in [1.807, 2.05) is 0 Å². The number of rotatable bonds is 4. The van der Waals surface area contributed by atoms with Crippen molar-refractivity contribution in [1.82, 2.24) is 0 Å². The minimum atomic E-state index is 0.234. The fraction of sp³-hybridized carbons (Fsp3) is 0.556. The van der Waals surface area contributed by atoms with Gasteiger partial charge in [0.15, 0.2) is 0 Å². The van der Waals surface area contributed by atoms with Crippen LogP contribution in [0.5, 0.6) is 0 Å². The highest BCUT2D eigenvalue weighted by molar-refractivity contribution is 5.82. The number of fused-ring (bicyclic) bond motifs is 1. The summed E-state index contributed by atoms with van der Waals surface area (Å²) in [7, 11) is 0. The summed E-state index contributed by atoms with van der Waals surface area (Å²) < 4.78 is 6.25. The Balaban J connectivity index is 2.11. The fourth-order valence-corrected chi connectivity index (χ4v) is 4.22. The van der Waals surface area contributed by atoms with Crippen LogP contribution >= 0.6 is 0 Å². The molecule has 3 rings (SSSR count). The molecule has 20 heavy (non-hydrogen) atoms. The van der Waals surface area contributed by atoms with Gasteiger partial charge in [-0.25, -0.2) is 0 Å². The van der Waals surface area contributed by atoms with Crippen molar-refractivity contribution in [3.63, 3.8) is 0 Å². The van der Waals surface area contributed by atoms with Crippen LogP contribution in [0.25, 0.3) is 11.0 Å². The predicted molar refractivity (Wildman–Crippen MR) is 83.9 cm³/mol. The van der Waals surface area contributed by atoms with Crippen LogP contribution in [0.1, 0.15) is 57.3 Å². The molecule has 0 aliphatic heterocycles. The van der Waals surface area contributed by atoms with E-state index in [0.29, 0.717) is 12.0 Å². The highest BCUT2D eigenvalue weighted by atomic mass is 16.3. The second-order valence-corrected chi connectivity index (χ2v) is 6.13. The Morgan fingerprint density at radius 1 is 1.20 bits per heavy atom. The third-order valence-corrected chi connectivity index (χ3v) is 5.64. The van der Waals surface area contributed by atoms with Crippen LogP contribution in [0.2, 0.25) is 0 Å². The number of hydrogen-bond donors (Lipinski definition) is 1. The molecule has 2 unspecified atom stereocenters. The van der Waals surface area contributed by atoms with Crippen molar-refractivity contribution in [2.45, 2.75) is 58.4 Å². The fourth-order valence-electron chi connectivity index (χ4n) is 4.22. The molecule has 2 aromatic rings. The van der Waals surface area contributed by atoms with Gasteiger partial charge in [-0.05, 0) is 37.2 Å². The summed E-state index contributed by atoms with van der Waals surface area (Å²) in [5.41, 5.74) is 9.01. The maximum absolute atomic E-state index is 6.35. The van der Waals surface area contributed by atoms with Crippen molar-refractivity contribution in [3.8, 4) is 0 Å². The van der Waals surface area contributed by atoms with Crippen LogP contribution in [-0.4, -0.2) is 6.04 Å². The Labute approximate surface area is 121 Å². The zero-order valence-electron chi connectivity index (χ0n) is 12.8. The van der Waals surface area contributed by atoms with Gasteiger partial charge in [-0.15, -0.1) is 0 Å². The second-order valence-electron chi connectivity index (χ2n) is 6.13. The van der Waals surface area contributed by atoms with E-state index in [2.05, 4.69) is 45.0 Å². The van der Waals surface area contributed by atoms with E-state index in [9.17, 15) is 0 Å².